The molecule has 0 spiro atoms. The number of amides is 2. The molecule has 1 fully saturated rings. The smallest absolute Gasteiger partial charge is 0.303 e. The summed E-state index contributed by atoms with van der Waals surface area (Å²) < 4.78 is 15.0. The number of benzene rings is 2. The van der Waals surface area contributed by atoms with Crippen molar-refractivity contribution in [3.63, 3.8) is 0 Å². The monoisotopic (exact) mass is 510 g/mol. The number of carboxylic acid groups (broad SMARTS) is 1. The highest BCUT2D eigenvalue weighted by Crippen LogP contribution is 2.38. The number of rotatable bonds is 9. The van der Waals surface area contributed by atoms with Crippen LogP contribution in [0, 0.1) is 19.3 Å². The summed E-state index contributed by atoms with van der Waals surface area (Å²) in [5.74, 6) is -2.49. The molecule has 0 bridgehead atoms. The van der Waals surface area contributed by atoms with Crippen molar-refractivity contribution in [2.75, 3.05) is 16.3 Å². The standard InChI is InChI=1S/C26H27FN4O4S/c1-16-14-17(10-12-21(16)28-4)30-24(35)26(2,3)31(25(30)36)18-9-11-19(20(27)15-18)23(34)29-13-7-5-6-8-22(32)33/h9-12,14-15H,5-8,13H2,1-3H3,(H,29,34)(H,32,33). The van der Waals surface area contributed by atoms with E-state index >= 15 is 0 Å². The van der Waals surface area contributed by atoms with Gasteiger partial charge in [0.15, 0.2) is 10.8 Å². The van der Waals surface area contributed by atoms with Crippen molar-refractivity contribution in [1.82, 2.24) is 5.32 Å². The lowest BCUT2D eigenvalue weighted by Crippen LogP contribution is -2.44. The summed E-state index contributed by atoms with van der Waals surface area (Å²) in [6.07, 6.45) is 1.81. The molecule has 1 saturated heterocycles. The lowest BCUT2D eigenvalue weighted by Gasteiger charge is -2.29. The van der Waals surface area contributed by atoms with Gasteiger partial charge in [-0.05, 0) is 81.7 Å². The molecule has 2 aromatic rings. The van der Waals surface area contributed by atoms with Gasteiger partial charge in [0.1, 0.15) is 11.4 Å². The van der Waals surface area contributed by atoms with Gasteiger partial charge in [-0.3, -0.25) is 19.3 Å². The quantitative estimate of drug-likeness (QED) is 0.281. The molecular weight excluding hydrogens is 483 g/mol. The largest absolute Gasteiger partial charge is 0.481 e. The molecule has 2 N–H and O–H groups in total. The first-order valence-corrected chi connectivity index (χ1v) is 11.9. The minimum atomic E-state index is -1.12. The van der Waals surface area contributed by atoms with Gasteiger partial charge in [-0.1, -0.05) is 12.5 Å². The molecule has 2 amide bonds. The highest BCUT2D eigenvalue weighted by molar-refractivity contribution is 7.81. The van der Waals surface area contributed by atoms with Crippen LogP contribution in [0.25, 0.3) is 4.85 Å². The maximum Gasteiger partial charge on any atom is 0.303 e. The minimum absolute atomic E-state index is 0.0740. The maximum atomic E-state index is 15.0. The Labute approximate surface area is 214 Å². The number of halogens is 1. The Morgan fingerprint density at radius 2 is 1.83 bits per heavy atom. The molecule has 0 aliphatic carbocycles. The van der Waals surface area contributed by atoms with E-state index in [1.807, 2.05) is 0 Å². The van der Waals surface area contributed by atoms with E-state index in [4.69, 9.17) is 23.9 Å². The van der Waals surface area contributed by atoms with E-state index < -0.39 is 23.2 Å². The molecule has 8 nitrogen and oxygen atoms in total. The van der Waals surface area contributed by atoms with Gasteiger partial charge in [0.05, 0.1) is 12.1 Å². The predicted octanol–water partition coefficient (Wildman–Crippen LogP) is 4.98. The summed E-state index contributed by atoms with van der Waals surface area (Å²) in [4.78, 5) is 42.7. The Hall–Kier alpha value is -3.84. The number of carbonyl (C=O) groups excluding carboxylic acids is 2. The van der Waals surface area contributed by atoms with E-state index in [9.17, 15) is 18.8 Å². The summed E-state index contributed by atoms with van der Waals surface area (Å²) >= 11 is 5.62. The second kappa shape index (κ2) is 10.8. The number of anilines is 2. The van der Waals surface area contributed by atoms with Gasteiger partial charge in [-0.25, -0.2) is 9.24 Å². The van der Waals surface area contributed by atoms with E-state index in [0.29, 0.717) is 48.4 Å². The van der Waals surface area contributed by atoms with Crippen LogP contribution in [0.3, 0.4) is 0 Å². The minimum Gasteiger partial charge on any atom is -0.481 e. The van der Waals surface area contributed by atoms with Crippen molar-refractivity contribution in [3.05, 3.63) is 64.8 Å². The molecule has 1 heterocycles. The second-order valence-electron chi connectivity index (χ2n) is 9.02. The first-order chi connectivity index (χ1) is 17.0. The fourth-order valence-electron chi connectivity index (χ4n) is 4.06. The third kappa shape index (κ3) is 5.36. The molecule has 2 aromatic carbocycles. The van der Waals surface area contributed by atoms with Crippen molar-refractivity contribution in [3.8, 4) is 0 Å². The van der Waals surface area contributed by atoms with Crippen LogP contribution in [0.1, 0.15) is 55.5 Å². The molecule has 1 aliphatic rings. The van der Waals surface area contributed by atoms with Crippen LogP contribution in [-0.4, -0.2) is 40.1 Å². The topological polar surface area (TPSA) is 94.3 Å². The van der Waals surface area contributed by atoms with Crippen LogP contribution in [-0.2, 0) is 9.59 Å². The molecular formula is C26H27FN4O4S. The van der Waals surface area contributed by atoms with Crippen molar-refractivity contribution >= 4 is 52.2 Å². The Morgan fingerprint density at radius 1 is 1.14 bits per heavy atom. The summed E-state index contributed by atoms with van der Waals surface area (Å²) in [5.41, 5.74) is 0.778. The summed E-state index contributed by atoms with van der Waals surface area (Å²) in [6, 6.07) is 9.07. The molecule has 36 heavy (non-hydrogen) atoms. The lowest BCUT2D eigenvalue weighted by atomic mass is 10.0. The second-order valence-corrected chi connectivity index (χ2v) is 9.39. The van der Waals surface area contributed by atoms with Gasteiger partial charge in [0.2, 0.25) is 0 Å². The molecule has 0 saturated carbocycles. The van der Waals surface area contributed by atoms with Crippen LogP contribution in [0.4, 0.5) is 21.5 Å². The maximum absolute atomic E-state index is 15.0. The van der Waals surface area contributed by atoms with Gasteiger partial charge in [0.25, 0.3) is 11.8 Å². The number of hydrogen-bond acceptors (Lipinski definition) is 4. The highest BCUT2D eigenvalue weighted by Gasteiger charge is 2.50. The van der Waals surface area contributed by atoms with Crippen LogP contribution < -0.4 is 15.1 Å². The van der Waals surface area contributed by atoms with Crippen LogP contribution in [0.15, 0.2) is 36.4 Å². The number of thiocarbonyl (C=S) groups is 1. The number of unbranched alkanes of at least 4 members (excludes halogenated alkanes) is 2. The average molecular weight is 511 g/mol. The summed E-state index contributed by atoms with van der Waals surface area (Å²) in [6.45, 7) is 12.7. The molecule has 3 rings (SSSR count). The lowest BCUT2D eigenvalue weighted by molar-refractivity contribution is -0.137. The van der Waals surface area contributed by atoms with Gasteiger partial charge >= 0.3 is 5.97 Å². The predicted molar refractivity (Wildman–Crippen MR) is 139 cm³/mol. The SMILES string of the molecule is [C-]#[N+]c1ccc(N2C(=O)C(C)(C)N(c3ccc(C(=O)NCCCCCC(=O)O)c(F)c3)C2=S)cc1C. The van der Waals surface area contributed by atoms with E-state index in [2.05, 4.69) is 10.2 Å². The number of aryl methyl sites for hydroxylation is 1. The molecule has 188 valence electrons. The van der Waals surface area contributed by atoms with Crippen LogP contribution in [0.5, 0.6) is 0 Å². The van der Waals surface area contributed by atoms with E-state index in [0.717, 1.165) is 0 Å². The van der Waals surface area contributed by atoms with Gasteiger partial charge in [-0.15, -0.1) is 0 Å². The number of carboxylic acids is 1. The van der Waals surface area contributed by atoms with E-state index in [1.165, 1.54) is 17.0 Å². The first-order valence-electron chi connectivity index (χ1n) is 11.5. The zero-order chi connectivity index (χ0) is 26.6. The number of nitrogens with zero attached hydrogens (tertiary/aromatic N) is 3. The molecule has 0 atom stereocenters. The van der Waals surface area contributed by atoms with Gasteiger partial charge in [0, 0.05) is 24.3 Å². The summed E-state index contributed by atoms with van der Waals surface area (Å²) in [5, 5.41) is 11.5. The fourth-order valence-corrected chi connectivity index (χ4v) is 4.58. The molecule has 10 heteroatoms. The molecule has 0 aromatic heterocycles. The van der Waals surface area contributed by atoms with Crippen molar-refractivity contribution < 1.29 is 23.9 Å². The molecule has 1 aliphatic heterocycles. The number of aliphatic carboxylic acids is 1. The number of hydrogen-bond donors (Lipinski definition) is 2. The number of carbonyl (C=O) groups is 3. The third-order valence-electron chi connectivity index (χ3n) is 6.04. The zero-order valence-corrected chi connectivity index (χ0v) is 21.1. The van der Waals surface area contributed by atoms with Gasteiger partial charge in [-0.2, -0.15) is 0 Å². The molecule has 0 unspecified atom stereocenters. The highest BCUT2D eigenvalue weighted by atomic mass is 32.1. The Kier molecular flexibility index (Phi) is 8.05. The van der Waals surface area contributed by atoms with Crippen LogP contribution >= 0.6 is 12.2 Å². The van der Waals surface area contributed by atoms with Crippen molar-refractivity contribution in [1.29, 1.82) is 0 Å². The molecule has 0 radical (unpaired) electrons. The average Bonchev–Trinajstić information content (AvgIpc) is 2.99. The van der Waals surface area contributed by atoms with Crippen molar-refractivity contribution in [2.45, 2.75) is 52.0 Å². The van der Waals surface area contributed by atoms with Crippen molar-refractivity contribution in [2.24, 2.45) is 0 Å². The van der Waals surface area contributed by atoms with E-state index in [1.54, 1.807) is 49.9 Å². The van der Waals surface area contributed by atoms with Crippen LogP contribution in [0.2, 0.25) is 0 Å². The normalized spacial score (nSPS) is 14.6. The third-order valence-corrected chi connectivity index (χ3v) is 6.40. The summed E-state index contributed by atoms with van der Waals surface area (Å²) in [7, 11) is 0. The number of nitrogens with one attached hydrogen (secondary N) is 1. The fraction of sp³-hybridized carbons (Fsp3) is 0.346. The van der Waals surface area contributed by atoms with Gasteiger partial charge < -0.3 is 15.3 Å². The van der Waals surface area contributed by atoms with E-state index in [-0.39, 0.29) is 23.0 Å². The Morgan fingerprint density at radius 3 is 2.44 bits per heavy atom. The Balaban J connectivity index is 1.77. The first kappa shape index (κ1) is 26.8. The Bertz CT molecular complexity index is 1270. The zero-order valence-electron chi connectivity index (χ0n) is 20.3.